The maximum absolute atomic E-state index is 2.22. The summed E-state index contributed by atoms with van der Waals surface area (Å²) in [5.74, 6) is 0. The van der Waals surface area contributed by atoms with Crippen molar-refractivity contribution in [2.45, 2.75) is 19.4 Å². The molecular formula is C4H11Si. The Hall–Kier alpha value is 0.217. The van der Waals surface area contributed by atoms with Crippen LogP contribution in [0.2, 0.25) is 6.04 Å². The molecule has 0 aromatic carbocycles. The zero-order chi connectivity index (χ0) is 4.12. The van der Waals surface area contributed by atoms with Crippen LogP contribution in [0.3, 0.4) is 0 Å². The third kappa shape index (κ3) is 4.22. The first kappa shape index (κ1) is 5.22. The van der Waals surface area contributed by atoms with Gasteiger partial charge in [0, 0.05) is 10.2 Å². The molecule has 0 bridgehead atoms. The van der Waals surface area contributed by atoms with Gasteiger partial charge in [-0.05, 0) is 6.42 Å². The molecule has 0 saturated carbocycles. The summed E-state index contributed by atoms with van der Waals surface area (Å²) in [4.78, 5) is 0. The zero-order valence-corrected chi connectivity index (χ0v) is 5.99. The highest BCUT2D eigenvalue weighted by atomic mass is 28.1. The SMILES string of the molecule is C[CH]CC[SiH3]. The van der Waals surface area contributed by atoms with Gasteiger partial charge in [0.25, 0.3) is 0 Å². The predicted octanol–water partition coefficient (Wildman–Crippen LogP) is 0.384. The summed E-state index contributed by atoms with van der Waals surface area (Å²) in [7, 11) is 1.37. The van der Waals surface area contributed by atoms with E-state index in [-0.39, 0.29) is 0 Å². The van der Waals surface area contributed by atoms with Crippen molar-refractivity contribution in [2.75, 3.05) is 0 Å². The molecule has 0 nitrogen and oxygen atoms in total. The number of hydrogen-bond acceptors (Lipinski definition) is 0. The van der Waals surface area contributed by atoms with E-state index in [1.807, 2.05) is 0 Å². The fourth-order valence-corrected chi connectivity index (χ4v) is 0.866. The summed E-state index contributed by atoms with van der Waals surface area (Å²) in [6.45, 7) is 2.11. The highest BCUT2D eigenvalue weighted by molar-refractivity contribution is 6.08. The van der Waals surface area contributed by atoms with Crippen LogP contribution < -0.4 is 0 Å². The molecule has 0 atom stereocenters. The zero-order valence-electron chi connectivity index (χ0n) is 3.99. The van der Waals surface area contributed by atoms with Gasteiger partial charge in [0.05, 0.1) is 0 Å². The first-order valence-corrected chi connectivity index (χ1v) is 3.61. The largest absolute Gasteiger partial charge is 0.0656 e. The van der Waals surface area contributed by atoms with E-state index in [4.69, 9.17) is 0 Å². The summed E-state index contributed by atoms with van der Waals surface area (Å²) in [5.41, 5.74) is 0. The number of rotatable bonds is 2. The highest BCUT2D eigenvalue weighted by Crippen LogP contribution is 1.85. The van der Waals surface area contributed by atoms with Crippen LogP contribution in [0.15, 0.2) is 0 Å². The van der Waals surface area contributed by atoms with Crippen LogP contribution in [-0.2, 0) is 0 Å². The van der Waals surface area contributed by atoms with E-state index in [0.717, 1.165) is 0 Å². The minimum atomic E-state index is 1.33. The van der Waals surface area contributed by atoms with Crippen molar-refractivity contribution in [3.8, 4) is 0 Å². The van der Waals surface area contributed by atoms with Gasteiger partial charge in [-0.3, -0.25) is 0 Å². The summed E-state index contributed by atoms with van der Waals surface area (Å²) in [6, 6.07) is 1.43. The molecule has 1 radical (unpaired) electrons. The Balaban J connectivity index is 2.19. The lowest BCUT2D eigenvalue weighted by atomic mass is 10.4. The van der Waals surface area contributed by atoms with E-state index in [0.29, 0.717) is 0 Å². The van der Waals surface area contributed by atoms with Crippen molar-refractivity contribution >= 4 is 10.2 Å². The van der Waals surface area contributed by atoms with Gasteiger partial charge in [-0.15, -0.1) is 0 Å². The quantitative estimate of drug-likeness (QED) is 0.427. The lowest BCUT2D eigenvalue weighted by Gasteiger charge is -1.78. The Labute approximate surface area is 37.0 Å². The molecule has 5 heavy (non-hydrogen) atoms. The Bertz CT molecular complexity index is 11.1. The molecular weight excluding hydrogens is 76.1 g/mol. The monoisotopic (exact) mass is 87.1 g/mol. The van der Waals surface area contributed by atoms with Gasteiger partial charge in [-0.25, -0.2) is 0 Å². The maximum Gasteiger partial charge on any atom is 0.00281 e. The third-order valence-corrected chi connectivity index (χ3v) is 1.15. The average molecular weight is 87.2 g/mol. The molecule has 0 aliphatic heterocycles. The molecule has 31 valence electrons. The third-order valence-electron chi connectivity index (χ3n) is 0.577. The Morgan fingerprint density at radius 3 is 2.40 bits per heavy atom. The molecule has 0 amide bonds. The van der Waals surface area contributed by atoms with Gasteiger partial charge in [-0.2, -0.15) is 0 Å². The minimum absolute atomic E-state index is 1.33. The average Bonchev–Trinajstić information content (AvgIpc) is 1.41. The van der Waals surface area contributed by atoms with E-state index >= 15 is 0 Å². The molecule has 0 fully saturated rings. The first-order chi connectivity index (χ1) is 2.41. The van der Waals surface area contributed by atoms with Crippen LogP contribution in [0, 0.1) is 6.42 Å². The van der Waals surface area contributed by atoms with Crippen molar-refractivity contribution in [2.24, 2.45) is 0 Å². The van der Waals surface area contributed by atoms with E-state index in [9.17, 15) is 0 Å². The van der Waals surface area contributed by atoms with E-state index < -0.39 is 0 Å². The highest BCUT2D eigenvalue weighted by Gasteiger charge is 1.68. The molecule has 0 unspecified atom stereocenters. The van der Waals surface area contributed by atoms with Crippen LogP contribution in [0.5, 0.6) is 0 Å². The van der Waals surface area contributed by atoms with Crippen molar-refractivity contribution in [1.82, 2.24) is 0 Å². The van der Waals surface area contributed by atoms with Crippen LogP contribution >= 0.6 is 0 Å². The molecule has 1 heteroatoms. The lowest BCUT2D eigenvalue weighted by molar-refractivity contribution is 1.09. The van der Waals surface area contributed by atoms with Gasteiger partial charge < -0.3 is 0 Å². The molecule has 0 aromatic heterocycles. The van der Waals surface area contributed by atoms with E-state index in [2.05, 4.69) is 13.3 Å². The molecule has 0 aromatic rings. The Kier molecular flexibility index (Phi) is 4.40. The van der Waals surface area contributed by atoms with E-state index in [1.54, 1.807) is 0 Å². The minimum Gasteiger partial charge on any atom is -0.0656 e. The first-order valence-electron chi connectivity index (χ1n) is 2.19. The van der Waals surface area contributed by atoms with Crippen molar-refractivity contribution in [1.29, 1.82) is 0 Å². The fraction of sp³-hybridized carbons (Fsp3) is 0.750. The summed E-state index contributed by atoms with van der Waals surface area (Å²) >= 11 is 0. The molecule has 0 saturated heterocycles. The van der Waals surface area contributed by atoms with Gasteiger partial charge in [-0.1, -0.05) is 19.4 Å². The second-order valence-electron chi connectivity index (χ2n) is 1.20. The van der Waals surface area contributed by atoms with Crippen molar-refractivity contribution in [3.63, 3.8) is 0 Å². The smallest absolute Gasteiger partial charge is 0.00281 e. The number of unbranched alkanes of at least 4 members (excludes halogenated alkanes) is 1. The molecule has 0 aliphatic rings. The normalized spacial score (nSPS) is 9.00. The molecule has 0 spiro atoms. The van der Waals surface area contributed by atoms with Crippen LogP contribution in [-0.4, -0.2) is 10.2 Å². The molecule has 0 rings (SSSR count). The van der Waals surface area contributed by atoms with Gasteiger partial charge in [0.1, 0.15) is 0 Å². The second-order valence-corrected chi connectivity index (χ2v) is 2.20. The van der Waals surface area contributed by atoms with Gasteiger partial charge >= 0.3 is 0 Å². The molecule has 0 heterocycles. The lowest BCUT2D eigenvalue weighted by Crippen LogP contribution is -1.65. The second kappa shape index (κ2) is 4.22. The Morgan fingerprint density at radius 1 is 1.80 bits per heavy atom. The summed E-state index contributed by atoms with van der Waals surface area (Å²) in [6.07, 6.45) is 3.54. The maximum atomic E-state index is 2.22. The predicted molar refractivity (Wildman–Crippen MR) is 29.3 cm³/mol. The Morgan fingerprint density at radius 2 is 2.40 bits per heavy atom. The van der Waals surface area contributed by atoms with Crippen molar-refractivity contribution in [3.05, 3.63) is 6.42 Å². The van der Waals surface area contributed by atoms with E-state index in [1.165, 1.54) is 22.7 Å². The van der Waals surface area contributed by atoms with Gasteiger partial charge in [0.15, 0.2) is 0 Å². The molecule has 0 N–H and O–H groups in total. The van der Waals surface area contributed by atoms with Gasteiger partial charge in [0.2, 0.25) is 0 Å². The summed E-state index contributed by atoms with van der Waals surface area (Å²) in [5, 5.41) is 0. The van der Waals surface area contributed by atoms with Crippen molar-refractivity contribution < 1.29 is 0 Å². The standard InChI is InChI=1S/C4H11Si/c1-2-3-4-5/h2H,3-4H2,1,5H3. The topological polar surface area (TPSA) is 0 Å². The van der Waals surface area contributed by atoms with Crippen LogP contribution in [0.4, 0.5) is 0 Å². The molecule has 0 aliphatic carbocycles. The number of hydrogen-bond donors (Lipinski definition) is 0. The fourth-order valence-electron chi connectivity index (χ4n) is 0.289. The van der Waals surface area contributed by atoms with Crippen LogP contribution in [0.25, 0.3) is 0 Å². The van der Waals surface area contributed by atoms with Crippen LogP contribution in [0.1, 0.15) is 13.3 Å². The summed E-state index contributed by atoms with van der Waals surface area (Å²) < 4.78 is 0.